The van der Waals surface area contributed by atoms with Crippen LogP contribution in [0.25, 0.3) is 0 Å². The second-order valence-corrected chi connectivity index (χ2v) is 5.38. The maximum atomic E-state index is 9.94. The first kappa shape index (κ1) is 14.0. The van der Waals surface area contributed by atoms with E-state index in [9.17, 15) is 5.11 Å². The van der Waals surface area contributed by atoms with Crippen LogP contribution in [0.4, 0.5) is 11.6 Å². The lowest BCUT2D eigenvalue weighted by molar-refractivity contribution is 0.191. The monoisotopic (exact) mass is 265 g/mol. The van der Waals surface area contributed by atoms with E-state index in [1.54, 1.807) is 6.33 Å². The van der Waals surface area contributed by atoms with E-state index >= 15 is 0 Å². The van der Waals surface area contributed by atoms with Crippen LogP contribution < -0.4 is 10.2 Å². The molecule has 0 aliphatic carbocycles. The van der Waals surface area contributed by atoms with Crippen LogP contribution in [0.5, 0.6) is 0 Å². The summed E-state index contributed by atoms with van der Waals surface area (Å²) in [7, 11) is 5.96. The van der Waals surface area contributed by atoms with Crippen molar-refractivity contribution in [1.82, 2.24) is 14.9 Å². The highest BCUT2D eigenvalue weighted by atomic mass is 16.3. The Morgan fingerprint density at radius 3 is 2.84 bits per heavy atom. The quantitative estimate of drug-likeness (QED) is 0.818. The second-order valence-electron chi connectivity index (χ2n) is 5.38. The van der Waals surface area contributed by atoms with Gasteiger partial charge in [0.05, 0.1) is 6.10 Å². The summed E-state index contributed by atoms with van der Waals surface area (Å²) in [6.07, 6.45) is 2.08. The molecule has 1 aliphatic rings. The van der Waals surface area contributed by atoms with Crippen molar-refractivity contribution in [1.29, 1.82) is 0 Å². The van der Waals surface area contributed by atoms with Gasteiger partial charge in [0.15, 0.2) is 0 Å². The normalized spacial score (nSPS) is 23.2. The summed E-state index contributed by atoms with van der Waals surface area (Å²) in [5.74, 6) is 1.76. The summed E-state index contributed by atoms with van der Waals surface area (Å²) < 4.78 is 0. The number of rotatable bonds is 4. The average molecular weight is 265 g/mol. The first-order valence-corrected chi connectivity index (χ1v) is 6.61. The number of hydrogen-bond acceptors (Lipinski definition) is 6. The lowest BCUT2D eigenvalue weighted by atomic mass is 10.2. The molecule has 2 unspecified atom stereocenters. The van der Waals surface area contributed by atoms with E-state index in [0.29, 0.717) is 12.6 Å². The number of aliphatic hydroxyl groups is 1. The minimum atomic E-state index is -0.280. The van der Waals surface area contributed by atoms with Crippen LogP contribution in [-0.4, -0.2) is 66.4 Å². The number of likely N-dealkylation sites (N-methyl/N-ethyl adjacent to an activating group) is 1. The molecule has 2 rings (SSSR count). The molecule has 0 amide bonds. The van der Waals surface area contributed by atoms with E-state index in [0.717, 1.165) is 30.2 Å². The van der Waals surface area contributed by atoms with Gasteiger partial charge in [-0.25, -0.2) is 9.97 Å². The number of nitrogens with zero attached hydrogens (tertiary/aromatic N) is 4. The van der Waals surface area contributed by atoms with Gasteiger partial charge in [-0.05, 0) is 27.4 Å². The topological polar surface area (TPSA) is 64.5 Å². The largest absolute Gasteiger partial charge is 0.391 e. The van der Waals surface area contributed by atoms with Crippen LogP contribution in [0.1, 0.15) is 12.0 Å². The van der Waals surface area contributed by atoms with Crippen molar-refractivity contribution in [3.8, 4) is 0 Å². The molecule has 1 saturated heterocycles. The highest BCUT2D eigenvalue weighted by Gasteiger charge is 2.33. The number of aliphatic hydroxyl groups excluding tert-OH is 1. The Morgan fingerprint density at radius 2 is 2.21 bits per heavy atom. The van der Waals surface area contributed by atoms with Crippen LogP contribution in [-0.2, 0) is 0 Å². The fourth-order valence-electron chi connectivity index (χ4n) is 2.73. The van der Waals surface area contributed by atoms with Crippen molar-refractivity contribution in [2.24, 2.45) is 0 Å². The van der Waals surface area contributed by atoms with Crippen molar-refractivity contribution < 1.29 is 5.11 Å². The van der Waals surface area contributed by atoms with Gasteiger partial charge in [-0.1, -0.05) is 0 Å². The maximum Gasteiger partial charge on any atom is 0.137 e. The third-order valence-electron chi connectivity index (χ3n) is 3.53. The minimum absolute atomic E-state index is 0.280. The van der Waals surface area contributed by atoms with Crippen LogP contribution in [0.2, 0.25) is 0 Å². The van der Waals surface area contributed by atoms with Crippen LogP contribution in [0.15, 0.2) is 6.33 Å². The van der Waals surface area contributed by atoms with Gasteiger partial charge < -0.3 is 20.2 Å². The molecule has 1 aliphatic heterocycles. The zero-order valence-corrected chi connectivity index (χ0v) is 12.1. The Bertz CT molecular complexity index is 437. The summed E-state index contributed by atoms with van der Waals surface area (Å²) in [4.78, 5) is 13.0. The van der Waals surface area contributed by atoms with E-state index < -0.39 is 0 Å². The van der Waals surface area contributed by atoms with E-state index in [2.05, 4.69) is 39.2 Å². The van der Waals surface area contributed by atoms with Crippen LogP contribution in [0, 0.1) is 6.92 Å². The van der Waals surface area contributed by atoms with Crippen LogP contribution >= 0.6 is 0 Å². The molecule has 2 N–H and O–H groups in total. The lowest BCUT2D eigenvalue weighted by Crippen LogP contribution is -2.38. The van der Waals surface area contributed by atoms with E-state index in [-0.39, 0.29) is 6.10 Å². The number of aromatic nitrogens is 2. The van der Waals surface area contributed by atoms with Crippen LogP contribution in [0.3, 0.4) is 0 Å². The van der Waals surface area contributed by atoms with Gasteiger partial charge in [-0.2, -0.15) is 0 Å². The molecule has 1 fully saturated rings. The highest BCUT2D eigenvalue weighted by Crippen LogP contribution is 2.29. The highest BCUT2D eigenvalue weighted by molar-refractivity contribution is 5.58. The zero-order valence-electron chi connectivity index (χ0n) is 12.1. The fourth-order valence-corrected chi connectivity index (χ4v) is 2.73. The molecular formula is C13H23N5O. The second kappa shape index (κ2) is 5.71. The van der Waals surface area contributed by atoms with Gasteiger partial charge in [0.25, 0.3) is 0 Å². The van der Waals surface area contributed by atoms with Gasteiger partial charge in [-0.3, -0.25) is 0 Å². The SMILES string of the molecule is CNc1ncnc(N2CC(O)CC2CN(C)C)c1C. The summed E-state index contributed by atoms with van der Waals surface area (Å²) >= 11 is 0. The predicted molar refractivity (Wildman–Crippen MR) is 76.6 cm³/mol. The molecule has 6 heteroatoms. The third kappa shape index (κ3) is 2.96. The molecule has 19 heavy (non-hydrogen) atoms. The van der Waals surface area contributed by atoms with Gasteiger partial charge >= 0.3 is 0 Å². The lowest BCUT2D eigenvalue weighted by Gasteiger charge is -2.29. The molecule has 2 atom stereocenters. The number of β-amino-alcohol motifs (C(OH)–C–C–N with tert-alkyl or cyclic N) is 1. The summed E-state index contributed by atoms with van der Waals surface area (Å²) in [5.41, 5.74) is 1.03. The number of nitrogens with one attached hydrogen (secondary N) is 1. The van der Waals surface area contributed by atoms with E-state index in [4.69, 9.17) is 0 Å². The molecular weight excluding hydrogens is 242 g/mol. The van der Waals surface area contributed by atoms with Gasteiger partial charge in [0, 0.05) is 31.7 Å². The third-order valence-corrected chi connectivity index (χ3v) is 3.53. The Labute approximate surface area is 114 Å². The zero-order chi connectivity index (χ0) is 14.0. The molecule has 106 valence electrons. The maximum absolute atomic E-state index is 9.94. The fraction of sp³-hybridized carbons (Fsp3) is 0.692. The van der Waals surface area contributed by atoms with Crippen molar-refractivity contribution in [3.63, 3.8) is 0 Å². The van der Waals surface area contributed by atoms with Gasteiger partial charge in [-0.15, -0.1) is 0 Å². The van der Waals surface area contributed by atoms with Gasteiger partial charge in [0.1, 0.15) is 18.0 Å². The van der Waals surface area contributed by atoms with Crippen molar-refractivity contribution in [2.75, 3.05) is 44.4 Å². The minimum Gasteiger partial charge on any atom is -0.391 e. The average Bonchev–Trinajstić information content (AvgIpc) is 2.69. The molecule has 1 aromatic rings. The molecule has 6 nitrogen and oxygen atoms in total. The first-order valence-electron chi connectivity index (χ1n) is 6.61. The van der Waals surface area contributed by atoms with E-state index in [1.807, 2.05) is 14.0 Å². The Hall–Kier alpha value is -1.40. The van der Waals surface area contributed by atoms with Crippen molar-refractivity contribution >= 4 is 11.6 Å². The Balaban J connectivity index is 2.28. The molecule has 2 heterocycles. The summed E-state index contributed by atoms with van der Waals surface area (Å²) in [5, 5.41) is 13.0. The van der Waals surface area contributed by atoms with E-state index in [1.165, 1.54) is 0 Å². The molecule has 0 bridgehead atoms. The van der Waals surface area contributed by atoms with Crippen molar-refractivity contribution in [2.45, 2.75) is 25.5 Å². The summed E-state index contributed by atoms with van der Waals surface area (Å²) in [6.45, 7) is 3.56. The van der Waals surface area contributed by atoms with Gasteiger partial charge in [0.2, 0.25) is 0 Å². The predicted octanol–water partition coefficient (Wildman–Crippen LogP) is 0.328. The molecule has 1 aromatic heterocycles. The molecule has 0 spiro atoms. The smallest absolute Gasteiger partial charge is 0.137 e. The molecule has 0 aromatic carbocycles. The molecule has 0 radical (unpaired) electrons. The Morgan fingerprint density at radius 1 is 1.47 bits per heavy atom. The standard InChI is InChI=1S/C13H23N5O/c1-9-12(14-2)15-8-16-13(9)18-7-11(19)5-10(18)6-17(3)4/h8,10-11,19H,5-7H2,1-4H3,(H,14,15,16). The first-order chi connectivity index (χ1) is 9.02. The molecule has 0 saturated carbocycles. The van der Waals surface area contributed by atoms with Crippen molar-refractivity contribution in [3.05, 3.63) is 11.9 Å². The number of anilines is 2. The number of hydrogen-bond donors (Lipinski definition) is 2. The Kier molecular flexibility index (Phi) is 4.21. The summed E-state index contributed by atoms with van der Waals surface area (Å²) in [6, 6.07) is 0.295.